The van der Waals surface area contributed by atoms with Crippen molar-refractivity contribution in [2.75, 3.05) is 53.5 Å². The van der Waals surface area contributed by atoms with Crippen molar-refractivity contribution >= 4 is 5.91 Å². The SMILES string of the molecule is CNC(=O)CCN1CCC(CNCCOC)CC1. The Kier molecular flexibility index (Phi) is 7.96. The van der Waals surface area contributed by atoms with Crippen molar-refractivity contribution < 1.29 is 9.53 Å². The van der Waals surface area contributed by atoms with Gasteiger partial charge < -0.3 is 20.3 Å². The van der Waals surface area contributed by atoms with Crippen LogP contribution in [0.3, 0.4) is 0 Å². The number of nitrogens with one attached hydrogen (secondary N) is 2. The zero-order chi connectivity index (χ0) is 13.2. The lowest BCUT2D eigenvalue weighted by molar-refractivity contribution is -0.121. The molecule has 1 rings (SSSR count). The molecule has 106 valence electrons. The fourth-order valence-corrected chi connectivity index (χ4v) is 2.28. The Bertz CT molecular complexity index is 228. The molecule has 0 unspecified atom stereocenters. The number of piperidine rings is 1. The van der Waals surface area contributed by atoms with E-state index in [9.17, 15) is 4.79 Å². The van der Waals surface area contributed by atoms with Gasteiger partial charge in [0.2, 0.25) is 5.91 Å². The van der Waals surface area contributed by atoms with Crippen LogP contribution < -0.4 is 10.6 Å². The largest absolute Gasteiger partial charge is 0.383 e. The van der Waals surface area contributed by atoms with Crippen molar-refractivity contribution in [3.63, 3.8) is 0 Å². The van der Waals surface area contributed by atoms with Gasteiger partial charge in [-0.25, -0.2) is 0 Å². The fourth-order valence-electron chi connectivity index (χ4n) is 2.28. The molecule has 5 nitrogen and oxygen atoms in total. The maximum Gasteiger partial charge on any atom is 0.221 e. The Morgan fingerprint density at radius 2 is 2.11 bits per heavy atom. The van der Waals surface area contributed by atoms with Crippen LogP contribution in [0.4, 0.5) is 0 Å². The van der Waals surface area contributed by atoms with Crippen LogP contribution in [-0.2, 0) is 9.53 Å². The van der Waals surface area contributed by atoms with Crippen molar-refractivity contribution in [1.29, 1.82) is 0 Å². The lowest BCUT2D eigenvalue weighted by Gasteiger charge is -2.31. The molecule has 0 bridgehead atoms. The number of nitrogens with zero attached hydrogens (tertiary/aromatic N) is 1. The number of carbonyl (C=O) groups excluding carboxylic acids is 1. The Labute approximate surface area is 110 Å². The summed E-state index contributed by atoms with van der Waals surface area (Å²) >= 11 is 0. The highest BCUT2D eigenvalue weighted by Gasteiger charge is 2.18. The van der Waals surface area contributed by atoms with Crippen LogP contribution in [0.1, 0.15) is 19.3 Å². The van der Waals surface area contributed by atoms with Gasteiger partial charge in [0.15, 0.2) is 0 Å². The highest BCUT2D eigenvalue weighted by atomic mass is 16.5. The minimum absolute atomic E-state index is 0.137. The maximum atomic E-state index is 11.2. The average molecular weight is 257 g/mol. The zero-order valence-corrected chi connectivity index (χ0v) is 11.7. The number of carbonyl (C=O) groups is 1. The second-order valence-electron chi connectivity index (χ2n) is 4.91. The van der Waals surface area contributed by atoms with Crippen LogP contribution >= 0.6 is 0 Å². The first-order valence-corrected chi connectivity index (χ1v) is 6.89. The van der Waals surface area contributed by atoms with Gasteiger partial charge in [-0.2, -0.15) is 0 Å². The van der Waals surface area contributed by atoms with Gasteiger partial charge in [0.1, 0.15) is 0 Å². The van der Waals surface area contributed by atoms with Crippen LogP contribution in [-0.4, -0.2) is 64.3 Å². The molecule has 1 amide bonds. The van der Waals surface area contributed by atoms with Gasteiger partial charge in [0, 0.05) is 33.7 Å². The average Bonchev–Trinajstić information content (AvgIpc) is 2.42. The number of methoxy groups -OCH3 is 1. The van der Waals surface area contributed by atoms with Crippen molar-refractivity contribution in [3.8, 4) is 0 Å². The summed E-state index contributed by atoms with van der Waals surface area (Å²) in [6, 6.07) is 0. The van der Waals surface area contributed by atoms with Crippen molar-refractivity contribution in [1.82, 2.24) is 15.5 Å². The molecule has 1 saturated heterocycles. The normalized spacial score (nSPS) is 17.9. The first-order chi connectivity index (χ1) is 8.76. The van der Waals surface area contributed by atoms with Crippen molar-refractivity contribution in [3.05, 3.63) is 0 Å². The van der Waals surface area contributed by atoms with Crippen molar-refractivity contribution in [2.24, 2.45) is 5.92 Å². The predicted molar refractivity (Wildman–Crippen MR) is 72.6 cm³/mol. The molecule has 1 fully saturated rings. The highest BCUT2D eigenvalue weighted by molar-refractivity contribution is 5.75. The Morgan fingerprint density at radius 3 is 2.72 bits per heavy atom. The monoisotopic (exact) mass is 257 g/mol. The molecule has 0 aromatic heterocycles. The minimum atomic E-state index is 0.137. The molecule has 0 radical (unpaired) electrons. The molecule has 0 aromatic rings. The summed E-state index contributed by atoms with van der Waals surface area (Å²) < 4.78 is 5.00. The number of hydrogen-bond acceptors (Lipinski definition) is 4. The summed E-state index contributed by atoms with van der Waals surface area (Å²) in [5, 5.41) is 6.09. The summed E-state index contributed by atoms with van der Waals surface area (Å²) in [5.74, 6) is 0.913. The number of rotatable bonds is 8. The predicted octanol–water partition coefficient (Wildman–Crippen LogP) is 0.0705. The van der Waals surface area contributed by atoms with Crippen LogP contribution in [0.15, 0.2) is 0 Å². The number of ether oxygens (including phenoxy) is 1. The number of likely N-dealkylation sites (tertiary alicyclic amines) is 1. The molecular weight excluding hydrogens is 230 g/mol. The van der Waals surface area contributed by atoms with E-state index < -0.39 is 0 Å². The van der Waals surface area contributed by atoms with Crippen LogP contribution in [0.25, 0.3) is 0 Å². The molecule has 18 heavy (non-hydrogen) atoms. The molecule has 0 atom stereocenters. The third kappa shape index (κ3) is 6.33. The van der Waals surface area contributed by atoms with Gasteiger partial charge in [0.25, 0.3) is 0 Å². The second kappa shape index (κ2) is 9.30. The summed E-state index contributed by atoms with van der Waals surface area (Å²) in [5.41, 5.74) is 0. The molecule has 0 saturated carbocycles. The lowest BCUT2D eigenvalue weighted by Crippen LogP contribution is -2.39. The van der Waals surface area contributed by atoms with E-state index in [1.54, 1.807) is 14.2 Å². The van der Waals surface area contributed by atoms with Gasteiger partial charge in [-0.15, -0.1) is 0 Å². The first kappa shape index (κ1) is 15.4. The number of hydrogen-bond donors (Lipinski definition) is 2. The van der Waals surface area contributed by atoms with Crippen molar-refractivity contribution in [2.45, 2.75) is 19.3 Å². The van der Waals surface area contributed by atoms with Gasteiger partial charge in [0.05, 0.1) is 6.61 Å². The smallest absolute Gasteiger partial charge is 0.221 e. The van der Waals surface area contributed by atoms with Crippen LogP contribution in [0, 0.1) is 5.92 Å². The quantitative estimate of drug-likeness (QED) is 0.604. The van der Waals surface area contributed by atoms with E-state index in [2.05, 4.69) is 15.5 Å². The topological polar surface area (TPSA) is 53.6 Å². The Balaban J connectivity index is 2.03. The zero-order valence-electron chi connectivity index (χ0n) is 11.7. The van der Waals surface area contributed by atoms with Gasteiger partial charge in [-0.3, -0.25) is 4.79 Å². The summed E-state index contributed by atoms with van der Waals surface area (Å²) in [4.78, 5) is 13.6. The van der Waals surface area contributed by atoms with E-state index in [-0.39, 0.29) is 5.91 Å². The van der Waals surface area contributed by atoms with Gasteiger partial charge >= 0.3 is 0 Å². The molecule has 0 aromatic carbocycles. The molecule has 5 heteroatoms. The first-order valence-electron chi connectivity index (χ1n) is 6.89. The van der Waals surface area contributed by atoms with Gasteiger partial charge in [-0.1, -0.05) is 0 Å². The molecule has 1 aliphatic rings. The fraction of sp³-hybridized carbons (Fsp3) is 0.923. The maximum absolute atomic E-state index is 11.2. The van der Waals surface area contributed by atoms with Crippen LogP contribution in [0.5, 0.6) is 0 Å². The standard InChI is InChI=1S/C13H27N3O2/c1-14-13(17)5-9-16-7-3-12(4-8-16)11-15-6-10-18-2/h12,15H,3-11H2,1-2H3,(H,14,17). The minimum Gasteiger partial charge on any atom is -0.383 e. The molecule has 0 aliphatic carbocycles. The molecule has 2 N–H and O–H groups in total. The van der Waals surface area contributed by atoms with E-state index in [4.69, 9.17) is 4.74 Å². The molecular formula is C13H27N3O2. The molecule has 0 spiro atoms. The molecule has 1 aliphatic heterocycles. The Hall–Kier alpha value is -0.650. The van der Waals surface area contributed by atoms with Crippen LogP contribution in [0.2, 0.25) is 0 Å². The lowest BCUT2D eigenvalue weighted by atomic mass is 9.96. The van der Waals surface area contributed by atoms with E-state index >= 15 is 0 Å². The summed E-state index contributed by atoms with van der Waals surface area (Å²) in [6.07, 6.45) is 3.08. The van der Waals surface area contributed by atoms with E-state index in [1.165, 1.54) is 12.8 Å². The van der Waals surface area contributed by atoms with E-state index in [0.717, 1.165) is 45.2 Å². The van der Waals surface area contributed by atoms with E-state index in [0.29, 0.717) is 6.42 Å². The summed E-state index contributed by atoms with van der Waals surface area (Å²) in [6.45, 7) is 5.94. The third-order valence-electron chi connectivity index (χ3n) is 3.56. The Morgan fingerprint density at radius 1 is 1.39 bits per heavy atom. The van der Waals surface area contributed by atoms with Gasteiger partial charge in [-0.05, 0) is 38.4 Å². The third-order valence-corrected chi connectivity index (χ3v) is 3.56. The second-order valence-corrected chi connectivity index (χ2v) is 4.91. The number of amides is 1. The summed E-state index contributed by atoms with van der Waals surface area (Å²) in [7, 11) is 3.42. The molecule has 1 heterocycles. The van der Waals surface area contributed by atoms with E-state index in [1.807, 2.05) is 0 Å². The highest BCUT2D eigenvalue weighted by Crippen LogP contribution is 2.16.